The van der Waals surface area contributed by atoms with Crippen molar-refractivity contribution < 1.29 is 31.9 Å². The number of carbonyl (C=O) groups excluding carboxylic acids is 2. The number of nitrogens with one attached hydrogen (secondary N) is 3. The number of halogens is 4. The highest BCUT2D eigenvalue weighted by Crippen LogP contribution is 2.30. The van der Waals surface area contributed by atoms with Crippen molar-refractivity contribution in [2.24, 2.45) is 0 Å². The van der Waals surface area contributed by atoms with Crippen molar-refractivity contribution in [2.75, 3.05) is 5.32 Å². The first-order valence-electron chi connectivity index (χ1n) is 11.6. The van der Waals surface area contributed by atoms with Gasteiger partial charge in [-0.25, -0.2) is 14.2 Å². The summed E-state index contributed by atoms with van der Waals surface area (Å²) < 4.78 is 57.3. The topological polar surface area (TPSA) is 92.4 Å². The van der Waals surface area contributed by atoms with E-state index in [1.54, 1.807) is 17.5 Å². The van der Waals surface area contributed by atoms with Crippen LogP contribution in [0.15, 0.2) is 53.9 Å². The average Bonchev–Trinajstić information content (AvgIpc) is 3.34. The number of carbonyl (C=O) groups is 2. The number of ether oxygens (including phenoxy) is 1. The van der Waals surface area contributed by atoms with Crippen LogP contribution in [0.4, 0.5) is 28.0 Å². The third-order valence-corrected chi connectivity index (χ3v) is 6.66. The predicted octanol–water partition coefficient (Wildman–Crippen LogP) is 5.74. The van der Waals surface area contributed by atoms with E-state index in [4.69, 9.17) is 4.74 Å². The minimum absolute atomic E-state index is 0.0105. The summed E-state index contributed by atoms with van der Waals surface area (Å²) in [5.74, 6) is -0.806. The van der Waals surface area contributed by atoms with Gasteiger partial charge in [-0.15, -0.1) is 11.3 Å². The van der Waals surface area contributed by atoms with E-state index in [0.29, 0.717) is 17.8 Å². The molecule has 1 aromatic heterocycles. The lowest BCUT2D eigenvalue weighted by atomic mass is 9.90. The van der Waals surface area contributed by atoms with Gasteiger partial charge >= 0.3 is 12.2 Å². The van der Waals surface area contributed by atoms with Gasteiger partial charge in [0.05, 0.1) is 11.6 Å². The van der Waals surface area contributed by atoms with Gasteiger partial charge in [0.2, 0.25) is 0 Å². The third kappa shape index (κ3) is 7.19. The Hall–Kier alpha value is -3.67. The zero-order valence-electron chi connectivity index (χ0n) is 19.5. The lowest BCUT2D eigenvalue weighted by molar-refractivity contribution is -0.137. The number of para-hydroxylation sites is 1. The first-order chi connectivity index (χ1) is 17.7. The van der Waals surface area contributed by atoms with Crippen LogP contribution in [0.1, 0.15) is 46.7 Å². The Balaban J connectivity index is 1.31. The molecule has 196 valence electrons. The van der Waals surface area contributed by atoms with Crippen LogP contribution in [0.5, 0.6) is 5.75 Å². The number of urea groups is 1. The van der Waals surface area contributed by atoms with E-state index < -0.39 is 29.5 Å². The maximum atomic E-state index is 13.7. The summed E-state index contributed by atoms with van der Waals surface area (Å²) >= 11 is 1.21. The number of hydrogen-bond donors (Lipinski definition) is 3. The van der Waals surface area contributed by atoms with Gasteiger partial charge in [0.25, 0.3) is 5.91 Å². The maximum absolute atomic E-state index is 13.7. The van der Waals surface area contributed by atoms with Gasteiger partial charge in [-0.05, 0) is 49.2 Å². The molecule has 1 aliphatic carbocycles. The van der Waals surface area contributed by atoms with Crippen molar-refractivity contribution in [3.63, 3.8) is 0 Å². The Morgan fingerprint density at radius 3 is 2.35 bits per heavy atom. The van der Waals surface area contributed by atoms with E-state index in [9.17, 15) is 27.2 Å². The molecule has 0 spiro atoms. The molecule has 2 atom stereocenters. The van der Waals surface area contributed by atoms with Crippen molar-refractivity contribution in [3.8, 4) is 5.75 Å². The lowest BCUT2D eigenvalue weighted by Crippen LogP contribution is -2.54. The summed E-state index contributed by atoms with van der Waals surface area (Å²) in [6.45, 7) is 0.0105. The number of aromatic nitrogens is 1. The standard InChI is InChI=1S/C25H24F4N4O3S/c26-17-5-1-4-8-21(17)36-13-22-31-20(14-37-22)23(34)32-18-6-2-3-7-19(18)33-24(35)30-16-11-9-15(10-12-16)25(27,28)29/h1,4-5,8-12,14,18-19H,2-3,6-7,13H2,(H,32,34)(H2,30,33,35)/t18-,19-/m1/s1. The molecule has 2 aromatic carbocycles. The first kappa shape index (κ1) is 26.4. The number of hydrogen-bond acceptors (Lipinski definition) is 5. The van der Waals surface area contributed by atoms with Crippen LogP contribution in [-0.4, -0.2) is 29.0 Å². The van der Waals surface area contributed by atoms with E-state index >= 15 is 0 Å². The molecule has 7 nitrogen and oxygen atoms in total. The molecular formula is C25H24F4N4O3S. The molecule has 0 saturated heterocycles. The molecule has 4 rings (SSSR count). The molecule has 0 unspecified atom stereocenters. The van der Waals surface area contributed by atoms with Crippen LogP contribution in [0.25, 0.3) is 0 Å². The molecule has 0 radical (unpaired) electrons. The molecular weight excluding hydrogens is 512 g/mol. The van der Waals surface area contributed by atoms with Crippen LogP contribution < -0.4 is 20.7 Å². The fourth-order valence-corrected chi connectivity index (χ4v) is 4.67. The number of nitrogens with zero attached hydrogens (tertiary/aromatic N) is 1. The fourth-order valence-electron chi connectivity index (χ4n) is 3.98. The SMILES string of the molecule is O=C(Nc1ccc(C(F)(F)F)cc1)N[C@@H]1CCCC[C@H]1NC(=O)c1csc(COc2ccccc2F)n1. The minimum atomic E-state index is -4.46. The van der Waals surface area contributed by atoms with E-state index in [2.05, 4.69) is 20.9 Å². The molecule has 3 N–H and O–H groups in total. The van der Waals surface area contributed by atoms with E-state index in [-0.39, 0.29) is 35.8 Å². The Morgan fingerprint density at radius 2 is 1.68 bits per heavy atom. The molecule has 1 saturated carbocycles. The number of anilines is 1. The molecule has 37 heavy (non-hydrogen) atoms. The molecule has 1 aliphatic rings. The van der Waals surface area contributed by atoms with Crippen LogP contribution >= 0.6 is 11.3 Å². The Labute approximate surface area is 214 Å². The Kier molecular flexibility index (Phi) is 8.27. The van der Waals surface area contributed by atoms with Crippen molar-refractivity contribution in [3.05, 3.63) is 76.0 Å². The summed E-state index contributed by atoms with van der Waals surface area (Å²) in [4.78, 5) is 29.5. The largest absolute Gasteiger partial charge is 0.483 e. The number of amides is 3. The number of alkyl halides is 3. The lowest BCUT2D eigenvalue weighted by Gasteiger charge is -2.32. The van der Waals surface area contributed by atoms with Crippen LogP contribution in [0.2, 0.25) is 0 Å². The highest BCUT2D eigenvalue weighted by molar-refractivity contribution is 7.09. The van der Waals surface area contributed by atoms with Crippen molar-refractivity contribution in [2.45, 2.75) is 50.6 Å². The van der Waals surface area contributed by atoms with Gasteiger partial charge in [0.15, 0.2) is 11.6 Å². The molecule has 3 aromatic rings. The Morgan fingerprint density at radius 1 is 1.00 bits per heavy atom. The molecule has 12 heteroatoms. The summed E-state index contributed by atoms with van der Waals surface area (Å²) in [7, 11) is 0. The van der Waals surface area contributed by atoms with E-state index in [1.165, 1.54) is 35.6 Å². The zero-order chi connectivity index (χ0) is 26.4. The number of benzene rings is 2. The monoisotopic (exact) mass is 536 g/mol. The summed E-state index contributed by atoms with van der Waals surface area (Å²) in [5.41, 5.74) is -0.400. The highest BCUT2D eigenvalue weighted by atomic mass is 32.1. The second-order valence-electron chi connectivity index (χ2n) is 8.49. The summed E-state index contributed by atoms with van der Waals surface area (Å²) in [6.07, 6.45) is -1.47. The zero-order valence-corrected chi connectivity index (χ0v) is 20.3. The first-order valence-corrected chi connectivity index (χ1v) is 12.4. The predicted molar refractivity (Wildman–Crippen MR) is 130 cm³/mol. The van der Waals surface area contributed by atoms with Gasteiger partial charge in [-0.2, -0.15) is 13.2 Å². The molecule has 0 bridgehead atoms. The van der Waals surface area contributed by atoms with Crippen molar-refractivity contribution >= 4 is 29.0 Å². The summed E-state index contributed by atoms with van der Waals surface area (Å²) in [5, 5.41) is 10.3. The Bertz CT molecular complexity index is 1230. The molecule has 3 amide bonds. The minimum Gasteiger partial charge on any atom is -0.483 e. The van der Waals surface area contributed by atoms with E-state index in [0.717, 1.165) is 25.0 Å². The summed E-state index contributed by atoms with van der Waals surface area (Å²) in [6, 6.07) is 8.84. The second-order valence-corrected chi connectivity index (χ2v) is 9.43. The van der Waals surface area contributed by atoms with Crippen molar-refractivity contribution in [1.82, 2.24) is 15.6 Å². The van der Waals surface area contributed by atoms with Gasteiger partial charge in [0.1, 0.15) is 17.3 Å². The molecule has 0 aliphatic heterocycles. The van der Waals surface area contributed by atoms with Crippen LogP contribution in [0.3, 0.4) is 0 Å². The van der Waals surface area contributed by atoms with Crippen LogP contribution in [-0.2, 0) is 12.8 Å². The normalized spacial score (nSPS) is 17.6. The van der Waals surface area contributed by atoms with E-state index in [1.807, 2.05) is 0 Å². The van der Waals surface area contributed by atoms with Gasteiger partial charge in [-0.3, -0.25) is 4.79 Å². The number of thiazole rings is 1. The molecule has 1 heterocycles. The van der Waals surface area contributed by atoms with Gasteiger partial charge < -0.3 is 20.7 Å². The smallest absolute Gasteiger partial charge is 0.416 e. The average molecular weight is 537 g/mol. The highest BCUT2D eigenvalue weighted by Gasteiger charge is 2.31. The van der Waals surface area contributed by atoms with Gasteiger partial charge in [-0.1, -0.05) is 25.0 Å². The second kappa shape index (κ2) is 11.6. The quantitative estimate of drug-likeness (QED) is 0.336. The third-order valence-electron chi connectivity index (χ3n) is 5.84. The van der Waals surface area contributed by atoms with Crippen LogP contribution in [0, 0.1) is 5.82 Å². The van der Waals surface area contributed by atoms with Gasteiger partial charge in [0, 0.05) is 17.1 Å². The fraction of sp³-hybridized carbons (Fsp3) is 0.320. The van der Waals surface area contributed by atoms with Crippen molar-refractivity contribution in [1.29, 1.82) is 0 Å². The number of rotatable bonds is 7. The maximum Gasteiger partial charge on any atom is 0.416 e. The molecule has 1 fully saturated rings.